The second-order valence-corrected chi connectivity index (χ2v) is 5.61. The predicted octanol–water partition coefficient (Wildman–Crippen LogP) is 4.83. The number of hydrogen-bond acceptors (Lipinski definition) is 0. The first-order valence-electron chi connectivity index (χ1n) is 5.13. The molecule has 3 heteroatoms. The Balaban J connectivity index is 2.84. The second-order valence-electron chi connectivity index (χ2n) is 3.76. The molecule has 0 N–H and O–H groups in total. The van der Waals surface area contributed by atoms with E-state index in [1.165, 1.54) is 0 Å². The highest BCUT2D eigenvalue weighted by Gasteiger charge is 2.16. The maximum atomic E-state index is 13.6. The SMILES string of the molecule is CCC(Cc1cccc(Cl)c1F)C(C)Br. The summed E-state index contributed by atoms with van der Waals surface area (Å²) in [4.78, 5) is 0.390. The Hall–Kier alpha value is -0.0800. The van der Waals surface area contributed by atoms with Crippen LogP contribution < -0.4 is 0 Å². The van der Waals surface area contributed by atoms with Gasteiger partial charge in [-0.25, -0.2) is 4.39 Å². The summed E-state index contributed by atoms with van der Waals surface area (Å²) in [6.07, 6.45) is 1.76. The largest absolute Gasteiger partial charge is 0.205 e. The summed E-state index contributed by atoms with van der Waals surface area (Å²) in [7, 11) is 0. The van der Waals surface area contributed by atoms with Gasteiger partial charge in [0, 0.05) is 4.83 Å². The Bertz CT molecular complexity index is 325. The summed E-state index contributed by atoms with van der Waals surface area (Å²) in [6, 6.07) is 5.19. The van der Waals surface area contributed by atoms with E-state index in [0.717, 1.165) is 12.8 Å². The van der Waals surface area contributed by atoms with Gasteiger partial charge in [-0.15, -0.1) is 0 Å². The molecule has 0 fully saturated rings. The molecule has 0 aromatic heterocycles. The molecule has 1 aromatic carbocycles. The average molecular weight is 294 g/mol. The molecule has 0 heterocycles. The van der Waals surface area contributed by atoms with Gasteiger partial charge in [0.05, 0.1) is 5.02 Å². The fraction of sp³-hybridized carbons (Fsp3) is 0.500. The van der Waals surface area contributed by atoms with Gasteiger partial charge < -0.3 is 0 Å². The Morgan fingerprint density at radius 2 is 2.13 bits per heavy atom. The number of alkyl halides is 1. The summed E-state index contributed by atoms with van der Waals surface area (Å²) in [5, 5.41) is 0.213. The zero-order valence-corrected chi connectivity index (χ0v) is 11.3. The minimum absolute atomic E-state index is 0.213. The van der Waals surface area contributed by atoms with E-state index >= 15 is 0 Å². The van der Waals surface area contributed by atoms with Gasteiger partial charge in [0.15, 0.2) is 0 Å². The van der Waals surface area contributed by atoms with E-state index in [4.69, 9.17) is 11.6 Å². The molecule has 0 amide bonds. The van der Waals surface area contributed by atoms with Crippen molar-refractivity contribution in [1.29, 1.82) is 0 Å². The van der Waals surface area contributed by atoms with Crippen LogP contribution in [0.4, 0.5) is 4.39 Å². The van der Waals surface area contributed by atoms with Gasteiger partial charge in [0.2, 0.25) is 0 Å². The molecule has 84 valence electrons. The highest BCUT2D eigenvalue weighted by molar-refractivity contribution is 9.09. The van der Waals surface area contributed by atoms with Crippen LogP contribution in [0.3, 0.4) is 0 Å². The lowest BCUT2D eigenvalue weighted by molar-refractivity contribution is 0.492. The molecule has 2 atom stereocenters. The number of benzene rings is 1. The third-order valence-corrected chi connectivity index (χ3v) is 3.73. The summed E-state index contributed by atoms with van der Waals surface area (Å²) >= 11 is 9.28. The molecule has 0 bridgehead atoms. The van der Waals surface area contributed by atoms with Crippen molar-refractivity contribution in [3.63, 3.8) is 0 Å². The van der Waals surface area contributed by atoms with Crippen LogP contribution >= 0.6 is 27.5 Å². The Morgan fingerprint density at radius 1 is 1.47 bits per heavy atom. The molecule has 0 aliphatic rings. The van der Waals surface area contributed by atoms with Crippen LogP contribution in [0, 0.1) is 11.7 Å². The van der Waals surface area contributed by atoms with E-state index < -0.39 is 0 Å². The Morgan fingerprint density at radius 3 is 2.67 bits per heavy atom. The van der Waals surface area contributed by atoms with Crippen molar-refractivity contribution in [2.45, 2.75) is 31.5 Å². The van der Waals surface area contributed by atoms with Gasteiger partial charge in [-0.3, -0.25) is 0 Å². The molecular formula is C12H15BrClF. The molecule has 2 unspecified atom stereocenters. The average Bonchev–Trinajstić information content (AvgIpc) is 2.19. The van der Waals surface area contributed by atoms with E-state index in [1.54, 1.807) is 18.2 Å². The first-order valence-corrected chi connectivity index (χ1v) is 6.42. The Kier molecular flexibility index (Phi) is 5.07. The molecule has 0 saturated carbocycles. The fourth-order valence-electron chi connectivity index (χ4n) is 1.62. The van der Waals surface area contributed by atoms with E-state index in [-0.39, 0.29) is 10.8 Å². The molecule has 1 aromatic rings. The summed E-state index contributed by atoms with van der Waals surface area (Å²) in [5.41, 5.74) is 0.709. The van der Waals surface area contributed by atoms with Crippen molar-refractivity contribution in [2.24, 2.45) is 5.92 Å². The molecule has 0 nitrogen and oxygen atoms in total. The van der Waals surface area contributed by atoms with Crippen LogP contribution in [-0.2, 0) is 6.42 Å². The monoisotopic (exact) mass is 292 g/mol. The summed E-state index contributed by atoms with van der Waals surface area (Å²) < 4.78 is 13.6. The highest BCUT2D eigenvalue weighted by Crippen LogP contribution is 2.25. The maximum Gasteiger partial charge on any atom is 0.144 e. The summed E-state index contributed by atoms with van der Waals surface area (Å²) in [6.45, 7) is 4.21. The van der Waals surface area contributed by atoms with Crippen LogP contribution in [0.15, 0.2) is 18.2 Å². The van der Waals surface area contributed by atoms with Gasteiger partial charge in [-0.2, -0.15) is 0 Å². The first kappa shape index (κ1) is 13.0. The molecular weight excluding hydrogens is 278 g/mol. The normalized spacial score (nSPS) is 15.0. The zero-order chi connectivity index (χ0) is 11.4. The van der Waals surface area contributed by atoms with Gasteiger partial charge in [-0.05, 0) is 24.0 Å². The second kappa shape index (κ2) is 5.86. The van der Waals surface area contributed by atoms with Crippen LogP contribution in [-0.4, -0.2) is 4.83 Å². The Labute approximate surface area is 104 Å². The van der Waals surface area contributed by atoms with E-state index in [9.17, 15) is 4.39 Å². The van der Waals surface area contributed by atoms with Crippen molar-refractivity contribution < 1.29 is 4.39 Å². The number of hydrogen-bond donors (Lipinski definition) is 0. The van der Waals surface area contributed by atoms with Gasteiger partial charge >= 0.3 is 0 Å². The van der Waals surface area contributed by atoms with E-state index in [0.29, 0.717) is 16.3 Å². The molecule has 0 spiro atoms. The van der Waals surface area contributed by atoms with Crippen molar-refractivity contribution in [3.05, 3.63) is 34.6 Å². The molecule has 15 heavy (non-hydrogen) atoms. The smallest absolute Gasteiger partial charge is 0.144 e. The summed E-state index contributed by atoms with van der Waals surface area (Å²) in [5.74, 6) is 0.170. The van der Waals surface area contributed by atoms with Crippen LogP contribution in [0.5, 0.6) is 0 Å². The quantitative estimate of drug-likeness (QED) is 0.697. The predicted molar refractivity (Wildman–Crippen MR) is 67.3 cm³/mol. The molecule has 0 saturated heterocycles. The van der Waals surface area contributed by atoms with Crippen molar-refractivity contribution in [3.8, 4) is 0 Å². The molecule has 0 aliphatic carbocycles. The minimum atomic E-state index is -0.272. The zero-order valence-electron chi connectivity index (χ0n) is 8.93. The lowest BCUT2D eigenvalue weighted by atomic mass is 9.94. The number of rotatable bonds is 4. The van der Waals surface area contributed by atoms with Gasteiger partial charge in [-0.1, -0.05) is 59.9 Å². The van der Waals surface area contributed by atoms with Crippen molar-refractivity contribution in [2.75, 3.05) is 0 Å². The molecule has 1 rings (SSSR count). The van der Waals surface area contributed by atoms with Crippen LogP contribution in [0.25, 0.3) is 0 Å². The lowest BCUT2D eigenvalue weighted by Crippen LogP contribution is -2.13. The third-order valence-electron chi connectivity index (χ3n) is 2.69. The van der Waals surface area contributed by atoms with Crippen molar-refractivity contribution >= 4 is 27.5 Å². The fourth-order valence-corrected chi connectivity index (χ4v) is 2.37. The van der Waals surface area contributed by atoms with Crippen LogP contribution in [0.2, 0.25) is 5.02 Å². The van der Waals surface area contributed by atoms with Gasteiger partial charge in [0.1, 0.15) is 5.82 Å². The first-order chi connectivity index (χ1) is 7.06. The van der Waals surface area contributed by atoms with E-state index in [1.807, 2.05) is 0 Å². The van der Waals surface area contributed by atoms with Crippen molar-refractivity contribution in [1.82, 2.24) is 0 Å². The highest BCUT2D eigenvalue weighted by atomic mass is 79.9. The van der Waals surface area contributed by atoms with Crippen LogP contribution in [0.1, 0.15) is 25.8 Å². The third kappa shape index (κ3) is 3.46. The standard InChI is InChI=1S/C12H15BrClF/c1-3-9(8(2)13)7-10-5-4-6-11(14)12(10)15/h4-6,8-9H,3,7H2,1-2H3. The minimum Gasteiger partial charge on any atom is -0.205 e. The molecule has 0 radical (unpaired) electrons. The molecule has 0 aliphatic heterocycles. The topological polar surface area (TPSA) is 0 Å². The van der Waals surface area contributed by atoms with E-state index in [2.05, 4.69) is 29.8 Å². The lowest BCUT2D eigenvalue weighted by Gasteiger charge is -2.18. The maximum absolute atomic E-state index is 13.6. The number of halogens is 3. The van der Waals surface area contributed by atoms with Gasteiger partial charge in [0.25, 0.3) is 0 Å².